The van der Waals surface area contributed by atoms with Crippen LogP contribution in [0, 0.1) is 47.2 Å². The number of amides is 1. The van der Waals surface area contributed by atoms with E-state index >= 15 is 0 Å². The molecule has 4 bridgehead atoms. The molecule has 5 aliphatic carbocycles. The summed E-state index contributed by atoms with van der Waals surface area (Å²) in [6.07, 6.45) is 6.86. The molecular formula is C25H32FNO4S. The maximum atomic E-state index is 14.2. The van der Waals surface area contributed by atoms with Crippen LogP contribution in [-0.4, -0.2) is 25.9 Å². The number of hydrogen-bond acceptors (Lipinski definition) is 4. The number of ketones is 1. The standard InChI is InChI=1S/C25H32FNO4S/c1-15-3-2-4-20(26)22(15)32(30,31)8-7-24(5-6-24)21(28)11-19-17-9-16-10-18(19)14-25(12-16,13-17)23(27)29/h2-4,16-19H,5-14H2,1H3,(H2,27,29). The highest BCUT2D eigenvalue weighted by Crippen LogP contribution is 2.63. The minimum atomic E-state index is -3.79. The molecule has 5 saturated carbocycles. The molecule has 5 nitrogen and oxygen atoms in total. The van der Waals surface area contributed by atoms with Crippen molar-refractivity contribution < 1.29 is 22.4 Å². The molecule has 2 unspecified atom stereocenters. The Hall–Kier alpha value is -1.76. The number of primary amides is 1. The molecule has 0 aliphatic heterocycles. The summed E-state index contributed by atoms with van der Waals surface area (Å²) in [6, 6.07) is 4.27. The zero-order valence-corrected chi connectivity index (χ0v) is 19.4. The van der Waals surface area contributed by atoms with Crippen LogP contribution in [0.15, 0.2) is 23.1 Å². The normalized spacial score (nSPS) is 34.4. The van der Waals surface area contributed by atoms with Gasteiger partial charge in [-0.25, -0.2) is 12.8 Å². The highest BCUT2D eigenvalue weighted by molar-refractivity contribution is 7.91. The van der Waals surface area contributed by atoms with Crippen molar-refractivity contribution in [1.29, 1.82) is 0 Å². The first-order chi connectivity index (χ1) is 15.1. The highest BCUT2D eigenvalue weighted by Gasteiger charge is 2.59. The van der Waals surface area contributed by atoms with E-state index in [1.165, 1.54) is 12.1 Å². The predicted octanol–water partition coefficient (Wildman–Crippen LogP) is 3.97. The second-order valence-electron chi connectivity index (χ2n) is 11.1. The molecule has 5 aliphatic rings. The first-order valence-corrected chi connectivity index (χ1v) is 13.5. The molecule has 0 saturated heterocycles. The van der Waals surface area contributed by atoms with Gasteiger partial charge in [-0.15, -0.1) is 0 Å². The van der Waals surface area contributed by atoms with E-state index in [9.17, 15) is 22.4 Å². The number of carbonyl (C=O) groups is 2. The Labute approximate surface area is 189 Å². The Kier molecular flexibility index (Phi) is 5.08. The number of rotatable bonds is 8. The number of benzene rings is 1. The number of nitrogens with two attached hydrogens (primary N) is 1. The lowest BCUT2D eigenvalue weighted by molar-refractivity contribution is -0.152. The Morgan fingerprint density at radius 3 is 2.34 bits per heavy atom. The molecule has 2 atom stereocenters. The van der Waals surface area contributed by atoms with Gasteiger partial charge in [0.05, 0.1) is 5.75 Å². The molecule has 1 aromatic rings. The van der Waals surface area contributed by atoms with Crippen molar-refractivity contribution in [2.45, 2.75) is 69.6 Å². The van der Waals surface area contributed by atoms with Gasteiger partial charge in [0.25, 0.3) is 0 Å². The van der Waals surface area contributed by atoms with E-state index in [0.29, 0.717) is 42.6 Å². The molecule has 6 rings (SSSR count). The number of carbonyl (C=O) groups excluding carboxylic acids is 2. The third-order valence-electron chi connectivity index (χ3n) is 9.18. The minimum absolute atomic E-state index is 0.170. The third-order valence-corrected chi connectivity index (χ3v) is 11.1. The van der Waals surface area contributed by atoms with Gasteiger partial charge in [-0.1, -0.05) is 12.1 Å². The van der Waals surface area contributed by atoms with E-state index in [-0.39, 0.29) is 40.1 Å². The van der Waals surface area contributed by atoms with Gasteiger partial charge in [-0.05, 0) is 93.6 Å². The van der Waals surface area contributed by atoms with Crippen LogP contribution in [0.2, 0.25) is 0 Å². The zero-order chi connectivity index (χ0) is 22.9. The van der Waals surface area contributed by atoms with Gasteiger partial charge in [0, 0.05) is 17.3 Å². The van der Waals surface area contributed by atoms with Gasteiger partial charge >= 0.3 is 0 Å². The fourth-order valence-corrected chi connectivity index (χ4v) is 9.24. The summed E-state index contributed by atoms with van der Waals surface area (Å²) in [5.74, 6) is 0.655. The molecule has 174 valence electrons. The quantitative estimate of drug-likeness (QED) is 0.634. The Morgan fingerprint density at radius 1 is 1.12 bits per heavy atom. The van der Waals surface area contributed by atoms with Gasteiger partial charge in [0.2, 0.25) is 5.91 Å². The van der Waals surface area contributed by atoms with Crippen LogP contribution < -0.4 is 5.73 Å². The molecule has 1 aromatic carbocycles. The minimum Gasteiger partial charge on any atom is -0.369 e. The van der Waals surface area contributed by atoms with Gasteiger partial charge in [-0.3, -0.25) is 9.59 Å². The van der Waals surface area contributed by atoms with Crippen molar-refractivity contribution in [3.8, 4) is 0 Å². The summed E-state index contributed by atoms with van der Waals surface area (Å²) in [4.78, 5) is 25.3. The smallest absolute Gasteiger partial charge is 0.223 e. The lowest BCUT2D eigenvalue weighted by Gasteiger charge is -2.59. The second kappa shape index (κ2) is 7.37. The van der Waals surface area contributed by atoms with Crippen LogP contribution in [0.25, 0.3) is 0 Å². The SMILES string of the molecule is Cc1cccc(F)c1S(=O)(=O)CCC1(C(=O)CC2C3CC4CC2CC(C(N)=O)(C4)C3)CC1. The molecule has 0 radical (unpaired) electrons. The Bertz CT molecular complexity index is 1040. The lowest BCUT2D eigenvalue weighted by atomic mass is 9.45. The second-order valence-corrected chi connectivity index (χ2v) is 13.2. The maximum absolute atomic E-state index is 14.2. The van der Waals surface area contributed by atoms with E-state index < -0.39 is 21.1 Å². The van der Waals surface area contributed by atoms with Crippen LogP contribution in [0.4, 0.5) is 4.39 Å². The first kappa shape index (κ1) is 22.1. The Morgan fingerprint density at radius 2 is 1.78 bits per heavy atom. The predicted molar refractivity (Wildman–Crippen MR) is 118 cm³/mol. The number of Topliss-reactive ketones (excluding diaryl/α,β-unsaturated/α-hetero) is 1. The Balaban J connectivity index is 1.26. The molecule has 5 fully saturated rings. The van der Waals surface area contributed by atoms with Crippen LogP contribution in [0.3, 0.4) is 0 Å². The van der Waals surface area contributed by atoms with Crippen molar-refractivity contribution in [1.82, 2.24) is 0 Å². The third kappa shape index (κ3) is 3.51. The van der Waals surface area contributed by atoms with Crippen molar-refractivity contribution >= 4 is 21.5 Å². The van der Waals surface area contributed by atoms with Crippen molar-refractivity contribution in [2.75, 3.05) is 5.75 Å². The molecule has 0 heterocycles. The number of hydrogen-bond donors (Lipinski definition) is 1. The summed E-state index contributed by atoms with van der Waals surface area (Å²) in [7, 11) is -3.79. The van der Waals surface area contributed by atoms with E-state index in [4.69, 9.17) is 5.73 Å². The van der Waals surface area contributed by atoms with Crippen LogP contribution in [0.1, 0.15) is 63.4 Å². The average molecular weight is 462 g/mol. The summed E-state index contributed by atoms with van der Waals surface area (Å²) >= 11 is 0. The lowest BCUT2D eigenvalue weighted by Crippen LogP contribution is -2.56. The molecule has 7 heteroatoms. The monoisotopic (exact) mass is 461 g/mol. The number of aryl methyl sites for hydroxylation is 1. The maximum Gasteiger partial charge on any atom is 0.223 e. The van der Waals surface area contributed by atoms with E-state index in [0.717, 1.165) is 32.1 Å². The van der Waals surface area contributed by atoms with E-state index in [2.05, 4.69) is 0 Å². The van der Waals surface area contributed by atoms with Crippen LogP contribution in [0.5, 0.6) is 0 Å². The molecular weight excluding hydrogens is 429 g/mol. The van der Waals surface area contributed by atoms with E-state index in [1.807, 2.05) is 0 Å². The topological polar surface area (TPSA) is 94.3 Å². The molecule has 0 aromatic heterocycles. The van der Waals surface area contributed by atoms with Gasteiger partial charge in [-0.2, -0.15) is 0 Å². The molecule has 32 heavy (non-hydrogen) atoms. The molecule has 0 spiro atoms. The van der Waals surface area contributed by atoms with Crippen LogP contribution >= 0.6 is 0 Å². The summed E-state index contributed by atoms with van der Waals surface area (Å²) in [5.41, 5.74) is 5.25. The summed E-state index contributed by atoms with van der Waals surface area (Å²) in [6.45, 7) is 1.60. The van der Waals surface area contributed by atoms with Gasteiger partial charge in [0.1, 0.15) is 16.5 Å². The summed E-state index contributed by atoms with van der Waals surface area (Å²) in [5, 5.41) is 0. The first-order valence-electron chi connectivity index (χ1n) is 11.9. The van der Waals surface area contributed by atoms with Crippen LogP contribution in [-0.2, 0) is 19.4 Å². The van der Waals surface area contributed by atoms with E-state index in [1.54, 1.807) is 13.0 Å². The molecule has 2 N–H and O–H groups in total. The van der Waals surface area contributed by atoms with Crippen molar-refractivity contribution in [3.63, 3.8) is 0 Å². The fraction of sp³-hybridized carbons (Fsp3) is 0.680. The average Bonchev–Trinajstić information content (AvgIpc) is 3.50. The van der Waals surface area contributed by atoms with Crippen molar-refractivity contribution in [3.05, 3.63) is 29.6 Å². The van der Waals surface area contributed by atoms with Gasteiger partial charge in [0.15, 0.2) is 9.84 Å². The largest absolute Gasteiger partial charge is 0.369 e. The fourth-order valence-electron chi connectivity index (χ4n) is 7.46. The number of halogens is 1. The summed E-state index contributed by atoms with van der Waals surface area (Å²) < 4.78 is 40.0. The molecule has 1 amide bonds. The van der Waals surface area contributed by atoms with Gasteiger partial charge < -0.3 is 5.73 Å². The zero-order valence-electron chi connectivity index (χ0n) is 18.6. The van der Waals surface area contributed by atoms with Crippen molar-refractivity contribution in [2.24, 2.45) is 40.2 Å². The highest BCUT2D eigenvalue weighted by atomic mass is 32.2. The number of sulfone groups is 1.